The molecule has 0 heterocycles. The Morgan fingerprint density at radius 3 is 2.40 bits per heavy atom. The van der Waals surface area contributed by atoms with E-state index in [0.717, 1.165) is 11.1 Å². The van der Waals surface area contributed by atoms with Crippen molar-refractivity contribution in [2.75, 3.05) is 17.2 Å². The van der Waals surface area contributed by atoms with Crippen molar-refractivity contribution in [3.63, 3.8) is 0 Å². The molecule has 2 aromatic rings. The maximum atomic E-state index is 12.7. The van der Waals surface area contributed by atoms with Gasteiger partial charge in [0.2, 0.25) is 5.91 Å². The number of aliphatic hydroxyl groups is 1. The highest BCUT2D eigenvalue weighted by atomic mass is 19.4. The Hall–Kier alpha value is -2.54. The van der Waals surface area contributed by atoms with Crippen LogP contribution in [0.4, 0.5) is 24.5 Å². The number of rotatable bonds is 5. The summed E-state index contributed by atoms with van der Waals surface area (Å²) in [5.41, 5.74) is 2.32. The van der Waals surface area contributed by atoms with Gasteiger partial charge in [-0.2, -0.15) is 13.2 Å². The van der Waals surface area contributed by atoms with Crippen LogP contribution in [0, 0.1) is 13.8 Å². The van der Waals surface area contributed by atoms with Crippen LogP contribution >= 0.6 is 0 Å². The van der Waals surface area contributed by atoms with Crippen molar-refractivity contribution in [1.82, 2.24) is 0 Å². The number of para-hydroxylation sites is 1. The molecule has 0 saturated carbocycles. The largest absolute Gasteiger partial charge is 0.418 e. The molecule has 0 spiro atoms. The predicted octanol–water partition coefficient (Wildman–Crippen LogP) is 3.95. The van der Waals surface area contributed by atoms with E-state index in [9.17, 15) is 23.1 Å². The van der Waals surface area contributed by atoms with Crippen LogP contribution in [0.5, 0.6) is 0 Å². The van der Waals surface area contributed by atoms with Gasteiger partial charge in [0.25, 0.3) is 0 Å². The van der Waals surface area contributed by atoms with Gasteiger partial charge in [0, 0.05) is 16.9 Å². The van der Waals surface area contributed by atoms with Gasteiger partial charge < -0.3 is 15.7 Å². The highest BCUT2D eigenvalue weighted by Gasteiger charge is 2.40. The molecule has 0 aromatic heterocycles. The minimum absolute atomic E-state index is 0.0587. The molecule has 25 heavy (non-hydrogen) atoms. The first-order chi connectivity index (χ1) is 11.7. The summed E-state index contributed by atoms with van der Waals surface area (Å²) in [5.74, 6) is -0.398. The maximum absolute atomic E-state index is 12.7. The van der Waals surface area contributed by atoms with Gasteiger partial charge in [-0.3, -0.25) is 4.79 Å². The Bertz CT molecular complexity index is 760. The van der Waals surface area contributed by atoms with Crippen molar-refractivity contribution in [3.8, 4) is 0 Å². The van der Waals surface area contributed by atoms with Crippen LogP contribution in [-0.4, -0.2) is 23.7 Å². The van der Waals surface area contributed by atoms with Gasteiger partial charge in [0.15, 0.2) is 6.10 Å². The lowest BCUT2D eigenvalue weighted by atomic mass is 10.1. The highest BCUT2D eigenvalue weighted by Crippen LogP contribution is 2.35. The lowest BCUT2D eigenvalue weighted by Crippen LogP contribution is -2.25. The van der Waals surface area contributed by atoms with Crippen LogP contribution in [0.3, 0.4) is 0 Å². The van der Waals surface area contributed by atoms with Crippen LogP contribution < -0.4 is 10.6 Å². The summed E-state index contributed by atoms with van der Waals surface area (Å²) in [6.07, 6.45) is -7.39. The third kappa shape index (κ3) is 4.73. The van der Waals surface area contributed by atoms with E-state index in [1.807, 2.05) is 19.9 Å². The molecule has 7 heteroatoms. The quantitative estimate of drug-likeness (QED) is 0.764. The summed E-state index contributed by atoms with van der Waals surface area (Å²) < 4.78 is 38.2. The third-order valence-corrected chi connectivity index (χ3v) is 3.88. The SMILES string of the molecule is Cc1cccc(NC(=O)CNc2ccccc2[C@H](O)C(F)(F)F)c1C. The number of amides is 1. The van der Waals surface area contributed by atoms with Gasteiger partial charge in [0.05, 0.1) is 6.54 Å². The van der Waals surface area contributed by atoms with Crippen LogP contribution in [0.15, 0.2) is 42.5 Å². The number of aliphatic hydroxyl groups excluding tert-OH is 1. The molecular formula is C18H19F3N2O2. The molecule has 0 saturated heterocycles. The molecule has 0 aliphatic heterocycles. The maximum Gasteiger partial charge on any atom is 0.418 e. The van der Waals surface area contributed by atoms with Crippen LogP contribution in [0.25, 0.3) is 0 Å². The zero-order valence-corrected chi connectivity index (χ0v) is 13.8. The first-order valence-corrected chi connectivity index (χ1v) is 7.64. The molecule has 1 amide bonds. The summed E-state index contributed by atoms with van der Waals surface area (Å²) in [6.45, 7) is 3.56. The van der Waals surface area contributed by atoms with E-state index < -0.39 is 18.2 Å². The smallest absolute Gasteiger partial charge is 0.379 e. The monoisotopic (exact) mass is 352 g/mol. The molecule has 0 aliphatic carbocycles. The van der Waals surface area contributed by atoms with Crippen molar-refractivity contribution in [2.24, 2.45) is 0 Å². The Kier molecular flexibility index (Phi) is 5.69. The van der Waals surface area contributed by atoms with Crippen LogP contribution in [0.1, 0.15) is 22.8 Å². The molecule has 0 unspecified atom stereocenters. The van der Waals surface area contributed by atoms with E-state index in [1.54, 1.807) is 12.1 Å². The molecule has 4 nitrogen and oxygen atoms in total. The molecule has 2 rings (SSSR count). The minimum Gasteiger partial charge on any atom is -0.379 e. The number of aryl methyl sites for hydroxylation is 1. The van der Waals surface area contributed by atoms with Crippen molar-refractivity contribution >= 4 is 17.3 Å². The number of halogens is 3. The number of nitrogens with one attached hydrogen (secondary N) is 2. The molecular weight excluding hydrogens is 333 g/mol. The number of hydrogen-bond donors (Lipinski definition) is 3. The van der Waals surface area contributed by atoms with E-state index in [2.05, 4.69) is 10.6 Å². The second kappa shape index (κ2) is 7.57. The number of hydrogen-bond acceptors (Lipinski definition) is 3. The highest BCUT2D eigenvalue weighted by molar-refractivity contribution is 5.94. The summed E-state index contributed by atoms with van der Waals surface area (Å²) in [6, 6.07) is 10.9. The summed E-state index contributed by atoms with van der Waals surface area (Å²) in [7, 11) is 0. The Balaban J connectivity index is 2.06. The molecule has 0 radical (unpaired) electrons. The Labute approximate surface area is 143 Å². The molecule has 0 aliphatic rings. The lowest BCUT2D eigenvalue weighted by Gasteiger charge is -2.19. The standard InChI is InChI=1S/C18H19F3N2O2/c1-11-6-5-9-14(12(11)2)23-16(24)10-22-15-8-4-3-7-13(15)17(25)18(19,20)21/h3-9,17,22,25H,10H2,1-2H3,(H,23,24)/t17-/m0/s1. The number of carbonyl (C=O) groups excluding carboxylic acids is 1. The second-order valence-corrected chi connectivity index (χ2v) is 5.68. The molecule has 2 aromatic carbocycles. The first-order valence-electron chi connectivity index (χ1n) is 7.64. The van der Waals surface area contributed by atoms with Gasteiger partial charge >= 0.3 is 6.18 Å². The normalized spacial score (nSPS) is 12.6. The van der Waals surface area contributed by atoms with Crippen molar-refractivity contribution in [3.05, 3.63) is 59.2 Å². The van der Waals surface area contributed by atoms with Crippen molar-refractivity contribution in [2.45, 2.75) is 26.1 Å². The molecule has 134 valence electrons. The summed E-state index contributed by atoms with van der Waals surface area (Å²) in [4.78, 5) is 12.1. The lowest BCUT2D eigenvalue weighted by molar-refractivity contribution is -0.206. The average Bonchev–Trinajstić information content (AvgIpc) is 2.56. The molecule has 1 atom stereocenters. The van der Waals surface area contributed by atoms with Gasteiger partial charge in [-0.25, -0.2) is 0 Å². The second-order valence-electron chi connectivity index (χ2n) is 5.68. The van der Waals surface area contributed by atoms with Gasteiger partial charge in [-0.1, -0.05) is 30.3 Å². The minimum atomic E-state index is -4.78. The van der Waals surface area contributed by atoms with Gasteiger partial charge in [-0.15, -0.1) is 0 Å². The average molecular weight is 352 g/mol. The zero-order chi connectivity index (χ0) is 18.6. The fourth-order valence-electron chi connectivity index (χ4n) is 2.33. The van der Waals surface area contributed by atoms with Gasteiger partial charge in [-0.05, 0) is 37.1 Å². The topological polar surface area (TPSA) is 61.4 Å². The van der Waals surface area contributed by atoms with Crippen LogP contribution in [0.2, 0.25) is 0 Å². The van der Waals surface area contributed by atoms with E-state index in [4.69, 9.17) is 0 Å². The van der Waals surface area contributed by atoms with E-state index >= 15 is 0 Å². The van der Waals surface area contributed by atoms with E-state index in [-0.39, 0.29) is 17.8 Å². The molecule has 0 fully saturated rings. The first kappa shape index (κ1) is 18.8. The van der Waals surface area contributed by atoms with E-state index in [0.29, 0.717) is 5.69 Å². The fraction of sp³-hybridized carbons (Fsp3) is 0.278. The van der Waals surface area contributed by atoms with Crippen molar-refractivity contribution < 1.29 is 23.1 Å². The van der Waals surface area contributed by atoms with Gasteiger partial charge in [0.1, 0.15) is 0 Å². The number of anilines is 2. The summed E-state index contributed by atoms with van der Waals surface area (Å²) in [5, 5.41) is 14.8. The summed E-state index contributed by atoms with van der Waals surface area (Å²) >= 11 is 0. The zero-order valence-electron chi connectivity index (χ0n) is 13.8. The van der Waals surface area contributed by atoms with E-state index in [1.165, 1.54) is 24.3 Å². The number of alkyl halides is 3. The number of benzene rings is 2. The third-order valence-electron chi connectivity index (χ3n) is 3.88. The Morgan fingerprint density at radius 1 is 1.08 bits per heavy atom. The Morgan fingerprint density at radius 2 is 1.72 bits per heavy atom. The fourth-order valence-corrected chi connectivity index (χ4v) is 2.33. The molecule has 3 N–H and O–H groups in total. The number of carbonyl (C=O) groups is 1. The molecule has 0 bridgehead atoms. The van der Waals surface area contributed by atoms with Crippen LogP contribution in [-0.2, 0) is 4.79 Å². The predicted molar refractivity (Wildman–Crippen MR) is 90.5 cm³/mol. The van der Waals surface area contributed by atoms with Crippen molar-refractivity contribution in [1.29, 1.82) is 0 Å².